The number of phenolic OH excluding ortho intramolecular Hbond substituents is 1. The first kappa shape index (κ1) is 16.5. The second-order valence-corrected chi connectivity index (χ2v) is 5.74. The molecule has 3 rings (SSSR count). The maximum atomic E-state index is 12.6. The first-order chi connectivity index (χ1) is 12.0. The molecule has 0 spiro atoms. The number of benzene rings is 3. The molecule has 0 aliphatic heterocycles. The fourth-order valence-corrected chi connectivity index (χ4v) is 2.67. The molecule has 0 radical (unpaired) electrons. The lowest BCUT2D eigenvalue weighted by molar-refractivity contribution is 0.101. The summed E-state index contributed by atoms with van der Waals surface area (Å²) in [5.74, 6) is -0.508. The zero-order valence-electron chi connectivity index (χ0n) is 14.0. The maximum Gasteiger partial charge on any atom is 0.255 e. The Labute approximate surface area is 145 Å². The van der Waals surface area contributed by atoms with Gasteiger partial charge in [-0.15, -0.1) is 0 Å². The summed E-state index contributed by atoms with van der Waals surface area (Å²) in [4.78, 5) is 24.1. The van der Waals surface area contributed by atoms with Gasteiger partial charge in [0.25, 0.3) is 5.91 Å². The molecule has 126 valence electrons. The van der Waals surface area contributed by atoms with Crippen LogP contribution in [0.4, 0.5) is 11.4 Å². The highest BCUT2D eigenvalue weighted by molar-refractivity contribution is 6.11. The van der Waals surface area contributed by atoms with Gasteiger partial charge < -0.3 is 15.7 Å². The fraction of sp³-hybridized carbons (Fsp3) is 0.100. The highest BCUT2D eigenvalue weighted by atomic mass is 16.3. The lowest BCUT2D eigenvalue weighted by Crippen LogP contribution is -2.13. The van der Waals surface area contributed by atoms with Crippen LogP contribution in [0.2, 0.25) is 0 Å². The van der Waals surface area contributed by atoms with Crippen molar-refractivity contribution in [2.75, 3.05) is 17.7 Å². The number of hydrogen-bond donors (Lipinski definition) is 3. The zero-order chi connectivity index (χ0) is 18.0. The van der Waals surface area contributed by atoms with E-state index in [1.165, 1.54) is 6.92 Å². The lowest BCUT2D eigenvalue weighted by atomic mass is 10.1. The van der Waals surface area contributed by atoms with Gasteiger partial charge in [-0.05, 0) is 42.6 Å². The number of amides is 1. The summed E-state index contributed by atoms with van der Waals surface area (Å²) in [6.45, 7) is 1.45. The molecule has 0 bridgehead atoms. The van der Waals surface area contributed by atoms with Crippen LogP contribution < -0.4 is 10.6 Å². The number of hydrogen-bond acceptors (Lipinski definition) is 4. The van der Waals surface area contributed by atoms with Gasteiger partial charge in [0.15, 0.2) is 5.78 Å². The van der Waals surface area contributed by atoms with Crippen molar-refractivity contribution in [1.82, 2.24) is 0 Å². The van der Waals surface area contributed by atoms with E-state index in [1.54, 1.807) is 36.4 Å². The van der Waals surface area contributed by atoms with E-state index in [9.17, 15) is 14.7 Å². The van der Waals surface area contributed by atoms with Crippen LogP contribution in [0.15, 0.2) is 54.6 Å². The third-order valence-corrected chi connectivity index (χ3v) is 4.06. The van der Waals surface area contributed by atoms with Crippen molar-refractivity contribution in [3.8, 4) is 5.75 Å². The van der Waals surface area contributed by atoms with Crippen molar-refractivity contribution in [3.63, 3.8) is 0 Å². The molecule has 5 nitrogen and oxygen atoms in total. The van der Waals surface area contributed by atoms with E-state index in [-0.39, 0.29) is 17.4 Å². The average molecular weight is 334 g/mol. The molecule has 3 aromatic carbocycles. The van der Waals surface area contributed by atoms with Gasteiger partial charge in [-0.1, -0.05) is 24.3 Å². The molecular weight excluding hydrogens is 316 g/mol. The molecule has 0 heterocycles. The Balaban J connectivity index is 1.99. The third kappa shape index (κ3) is 3.30. The number of anilines is 2. The predicted octanol–water partition coefficient (Wildman–Crippen LogP) is 4.04. The largest absolute Gasteiger partial charge is 0.506 e. The Bertz CT molecular complexity index is 980. The Morgan fingerprint density at radius 1 is 0.960 bits per heavy atom. The lowest BCUT2D eigenvalue weighted by Gasteiger charge is -2.12. The van der Waals surface area contributed by atoms with Gasteiger partial charge in [-0.3, -0.25) is 9.59 Å². The summed E-state index contributed by atoms with van der Waals surface area (Å²) in [6, 6.07) is 15.5. The highest BCUT2D eigenvalue weighted by Gasteiger charge is 2.13. The second kappa shape index (κ2) is 6.65. The van der Waals surface area contributed by atoms with E-state index >= 15 is 0 Å². The molecule has 25 heavy (non-hydrogen) atoms. The predicted molar refractivity (Wildman–Crippen MR) is 99.6 cm³/mol. The van der Waals surface area contributed by atoms with Crippen LogP contribution in [-0.4, -0.2) is 23.8 Å². The van der Waals surface area contributed by atoms with E-state index in [0.717, 1.165) is 16.5 Å². The smallest absolute Gasteiger partial charge is 0.255 e. The summed E-state index contributed by atoms with van der Waals surface area (Å²) >= 11 is 0. The molecular formula is C20H18N2O3. The molecule has 0 atom stereocenters. The van der Waals surface area contributed by atoms with Crippen LogP contribution >= 0.6 is 0 Å². The molecule has 0 unspecified atom stereocenters. The summed E-state index contributed by atoms with van der Waals surface area (Å²) < 4.78 is 0. The van der Waals surface area contributed by atoms with Gasteiger partial charge in [-0.25, -0.2) is 0 Å². The molecule has 0 fully saturated rings. The molecule has 3 aromatic rings. The van der Waals surface area contributed by atoms with Gasteiger partial charge in [0.2, 0.25) is 0 Å². The molecule has 0 aliphatic rings. The second-order valence-electron chi connectivity index (χ2n) is 5.74. The number of fused-ring (bicyclic) bond motifs is 1. The minimum absolute atomic E-state index is 0.0132. The van der Waals surface area contributed by atoms with Crippen LogP contribution in [0.3, 0.4) is 0 Å². The van der Waals surface area contributed by atoms with Crippen molar-refractivity contribution in [2.45, 2.75) is 6.92 Å². The molecule has 0 aliphatic carbocycles. The quantitative estimate of drug-likeness (QED) is 0.497. The van der Waals surface area contributed by atoms with Crippen molar-refractivity contribution < 1.29 is 14.7 Å². The SMILES string of the molecule is CNc1ccc2c(NC(=O)c3cccc(C(C)=O)c3)c(O)ccc2c1. The minimum Gasteiger partial charge on any atom is -0.506 e. The normalized spacial score (nSPS) is 10.5. The molecule has 0 saturated heterocycles. The maximum absolute atomic E-state index is 12.6. The summed E-state index contributed by atoms with van der Waals surface area (Å²) in [7, 11) is 1.83. The van der Waals surface area contributed by atoms with Crippen molar-refractivity contribution >= 4 is 33.8 Å². The van der Waals surface area contributed by atoms with Crippen molar-refractivity contribution in [1.29, 1.82) is 0 Å². The van der Waals surface area contributed by atoms with E-state index in [1.807, 2.05) is 25.2 Å². The highest BCUT2D eigenvalue weighted by Crippen LogP contribution is 2.34. The Kier molecular flexibility index (Phi) is 4.39. The number of carbonyl (C=O) groups is 2. The van der Waals surface area contributed by atoms with Gasteiger partial charge in [0.1, 0.15) is 5.75 Å². The molecule has 1 amide bonds. The third-order valence-electron chi connectivity index (χ3n) is 4.06. The monoisotopic (exact) mass is 334 g/mol. The number of carbonyl (C=O) groups excluding carboxylic acids is 2. The Morgan fingerprint density at radius 2 is 1.72 bits per heavy atom. The number of aromatic hydroxyl groups is 1. The van der Waals surface area contributed by atoms with Crippen LogP contribution in [0, 0.1) is 0 Å². The van der Waals surface area contributed by atoms with E-state index in [0.29, 0.717) is 16.8 Å². The van der Waals surface area contributed by atoms with Crippen LogP contribution in [0.1, 0.15) is 27.6 Å². The van der Waals surface area contributed by atoms with Gasteiger partial charge in [0.05, 0.1) is 5.69 Å². The van der Waals surface area contributed by atoms with Crippen LogP contribution in [-0.2, 0) is 0 Å². The first-order valence-electron chi connectivity index (χ1n) is 7.85. The van der Waals surface area contributed by atoms with E-state index < -0.39 is 0 Å². The van der Waals surface area contributed by atoms with E-state index in [2.05, 4.69) is 10.6 Å². The van der Waals surface area contributed by atoms with Gasteiger partial charge in [0, 0.05) is 29.2 Å². The van der Waals surface area contributed by atoms with Crippen molar-refractivity contribution in [2.24, 2.45) is 0 Å². The number of rotatable bonds is 4. The summed E-state index contributed by atoms with van der Waals surface area (Å²) in [6.07, 6.45) is 0. The molecule has 0 saturated carbocycles. The average Bonchev–Trinajstić information content (AvgIpc) is 2.63. The standard InChI is InChI=1S/C20H18N2O3/c1-12(23)13-4-3-5-15(10-13)20(25)22-19-17-8-7-16(21-2)11-14(17)6-9-18(19)24/h3-11,21,24H,1-2H3,(H,22,25). The minimum atomic E-state index is -0.386. The number of phenols is 1. The van der Waals surface area contributed by atoms with Crippen LogP contribution in [0.5, 0.6) is 5.75 Å². The van der Waals surface area contributed by atoms with Gasteiger partial charge in [-0.2, -0.15) is 0 Å². The molecule has 5 heteroatoms. The zero-order valence-corrected chi connectivity index (χ0v) is 14.0. The Morgan fingerprint density at radius 3 is 2.44 bits per heavy atom. The van der Waals surface area contributed by atoms with E-state index in [4.69, 9.17) is 0 Å². The summed E-state index contributed by atoms with van der Waals surface area (Å²) in [5, 5.41) is 17.6. The van der Waals surface area contributed by atoms with Crippen LogP contribution in [0.25, 0.3) is 10.8 Å². The first-order valence-corrected chi connectivity index (χ1v) is 7.85. The Hall–Kier alpha value is -3.34. The summed E-state index contributed by atoms with van der Waals surface area (Å²) in [5.41, 5.74) is 2.10. The van der Waals surface area contributed by atoms with Gasteiger partial charge >= 0.3 is 0 Å². The number of Topliss-reactive ketones (excluding diaryl/α,β-unsaturated/α-hetero) is 1. The fourth-order valence-electron chi connectivity index (χ4n) is 2.67. The molecule has 0 aromatic heterocycles. The van der Waals surface area contributed by atoms with Crippen molar-refractivity contribution in [3.05, 3.63) is 65.7 Å². The number of ketones is 1. The number of nitrogens with one attached hydrogen (secondary N) is 2. The topological polar surface area (TPSA) is 78.4 Å². The molecule has 3 N–H and O–H groups in total.